The van der Waals surface area contributed by atoms with Crippen LogP contribution >= 0.6 is 0 Å². The van der Waals surface area contributed by atoms with Crippen molar-refractivity contribution < 1.29 is 9.18 Å². The lowest BCUT2D eigenvalue weighted by atomic mass is 9.88. The van der Waals surface area contributed by atoms with E-state index in [1.165, 1.54) is 12.1 Å². The standard InChI is InChI=1S/C18H19FN2O/c1-11(2)17-15(10-22)16(12-5-7-13(19)8-6-12)14-4-3-9-20-18(14)21-17/h5-8,10-11H,3-4,9H2,1-2H3,(H,20,21). The number of halogens is 1. The SMILES string of the molecule is CC(C)c1nc2c(c(-c3ccc(F)cc3)c1C=O)CCCN2. The van der Waals surface area contributed by atoms with Gasteiger partial charge in [0.25, 0.3) is 0 Å². The zero-order chi connectivity index (χ0) is 15.7. The quantitative estimate of drug-likeness (QED) is 0.864. The number of rotatable bonds is 3. The fourth-order valence-electron chi connectivity index (χ4n) is 3.02. The van der Waals surface area contributed by atoms with E-state index in [0.29, 0.717) is 5.56 Å². The van der Waals surface area contributed by atoms with E-state index in [1.807, 2.05) is 13.8 Å². The number of carbonyl (C=O) groups excluding carboxylic acids is 1. The number of hydrogen-bond donors (Lipinski definition) is 1. The molecule has 1 aromatic heterocycles. The maximum atomic E-state index is 13.2. The Hall–Kier alpha value is -2.23. The van der Waals surface area contributed by atoms with Gasteiger partial charge in [-0.05, 0) is 36.5 Å². The van der Waals surface area contributed by atoms with Crippen molar-refractivity contribution in [3.63, 3.8) is 0 Å². The lowest BCUT2D eigenvalue weighted by Crippen LogP contribution is -2.18. The summed E-state index contributed by atoms with van der Waals surface area (Å²) in [7, 11) is 0. The van der Waals surface area contributed by atoms with Crippen LogP contribution in [0.5, 0.6) is 0 Å². The van der Waals surface area contributed by atoms with Crippen LogP contribution in [0.25, 0.3) is 11.1 Å². The summed E-state index contributed by atoms with van der Waals surface area (Å²) in [6, 6.07) is 6.33. The van der Waals surface area contributed by atoms with E-state index in [1.54, 1.807) is 12.1 Å². The molecule has 0 saturated carbocycles. The number of nitrogens with one attached hydrogen (secondary N) is 1. The Morgan fingerprint density at radius 1 is 1.27 bits per heavy atom. The Morgan fingerprint density at radius 2 is 2.00 bits per heavy atom. The molecule has 0 spiro atoms. The molecular weight excluding hydrogens is 279 g/mol. The van der Waals surface area contributed by atoms with Gasteiger partial charge in [0.2, 0.25) is 0 Å². The maximum Gasteiger partial charge on any atom is 0.152 e. The van der Waals surface area contributed by atoms with Crippen LogP contribution in [0.2, 0.25) is 0 Å². The molecule has 0 saturated heterocycles. The van der Waals surface area contributed by atoms with Crippen molar-refractivity contribution in [3.05, 3.63) is 46.9 Å². The normalized spacial score (nSPS) is 13.6. The number of aldehydes is 1. The molecule has 1 N–H and O–H groups in total. The summed E-state index contributed by atoms with van der Waals surface area (Å²) in [5.74, 6) is 0.731. The van der Waals surface area contributed by atoms with E-state index < -0.39 is 0 Å². The van der Waals surface area contributed by atoms with E-state index in [2.05, 4.69) is 10.3 Å². The highest BCUT2D eigenvalue weighted by molar-refractivity contribution is 5.92. The highest BCUT2D eigenvalue weighted by Crippen LogP contribution is 2.37. The Balaban J connectivity index is 2.31. The minimum atomic E-state index is -0.276. The third-order valence-electron chi connectivity index (χ3n) is 4.06. The third kappa shape index (κ3) is 2.49. The van der Waals surface area contributed by atoms with Gasteiger partial charge in [-0.25, -0.2) is 9.37 Å². The molecule has 4 heteroatoms. The Kier molecular flexibility index (Phi) is 3.92. The van der Waals surface area contributed by atoms with Gasteiger partial charge < -0.3 is 5.32 Å². The summed E-state index contributed by atoms with van der Waals surface area (Å²) in [4.78, 5) is 16.4. The smallest absolute Gasteiger partial charge is 0.152 e. The molecule has 0 aliphatic carbocycles. The van der Waals surface area contributed by atoms with Crippen LogP contribution < -0.4 is 5.32 Å². The number of fused-ring (bicyclic) bond motifs is 1. The van der Waals surface area contributed by atoms with Gasteiger partial charge in [0, 0.05) is 23.2 Å². The summed E-state index contributed by atoms with van der Waals surface area (Å²) in [5, 5.41) is 3.33. The first-order valence-electron chi connectivity index (χ1n) is 7.63. The monoisotopic (exact) mass is 298 g/mol. The molecule has 0 bridgehead atoms. The van der Waals surface area contributed by atoms with Gasteiger partial charge in [-0.3, -0.25) is 4.79 Å². The van der Waals surface area contributed by atoms with Crippen LogP contribution in [0.3, 0.4) is 0 Å². The molecule has 3 nitrogen and oxygen atoms in total. The van der Waals surface area contributed by atoms with Gasteiger partial charge in [-0.15, -0.1) is 0 Å². The summed E-state index contributed by atoms with van der Waals surface area (Å²) in [5.41, 5.74) is 4.25. The number of anilines is 1. The Bertz CT molecular complexity index is 708. The fraction of sp³-hybridized carbons (Fsp3) is 0.333. The largest absolute Gasteiger partial charge is 0.370 e. The predicted molar refractivity (Wildman–Crippen MR) is 85.9 cm³/mol. The zero-order valence-electron chi connectivity index (χ0n) is 12.8. The Morgan fingerprint density at radius 3 is 2.64 bits per heavy atom. The molecule has 0 unspecified atom stereocenters. The molecule has 2 aromatic rings. The molecule has 1 aromatic carbocycles. The highest BCUT2D eigenvalue weighted by atomic mass is 19.1. The first-order valence-corrected chi connectivity index (χ1v) is 7.63. The third-order valence-corrected chi connectivity index (χ3v) is 4.06. The summed E-state index contributed by atoms with van der Waals surface area (Å²) in [6.45, 7) is 4.94. The second-order valence-corrected chi connectivity index (χ2v) is 5.92. The van der Waals surface area contributed by atoms with Crippen molar-refractivity contribution in [1.29, 1.82) is 0 Å². The highest BCUT2D eigenvalue weighted by Gasteiger charge is 2.23. The van der Waals surface area contributed by atoms with Crippen molar-refractivity contribution in [1.82, 2.24) is 4.98 Å². The molecular formula is C18H19FN2O. The first-order chi connectivity index (χ1) is 10.6. The molecule has 2 heterocycles. The van der Waals surface area contributed by atoms with Crippen LogP contribution in [-0.2, 0) is 6.42 Å². The van der Waals surface area contributed by atoms with Crippen LogP contribution in [0.1, 0.15) is 47.8 Å². The molecule has 1 aliphatic rings. The van der Waals surface area contributed by atoms with Gasteiger partial charge in [0.15, 0.2) is 6.29 Å². The van der Waals surface area contributed by atoms with E-state index in [-0.39, 0.29) is 11.7 Å². The first kappa shape index (κ1) is 14.7. The average Bonchev–Trinajstić information content (AvgIpc) is 2.53. The van der Waals surface area contributed by atoms with Crippen molar-refractivity contribution in [2.45, 2.75) is 32.6 Å². The predicted octanol–water partition coefficient (Wildman–Crippen LogP) is 4.18. The van der Waals surface area contributed by atoms with Crippen molar-refractivity contribution >= 4 is 12.1 Å². The molecule has 0 fully saturated rings. The van der Waals surface area contributed by atoms with Gasteiger partial charge in [0.1, 0.15) is 11.6 Å². The molecule has 114 valence electrons. The number of hydrogen-bond acceptors (Lipinski definition) is 3. The van der Waals surface area contributed by atoms with Crippen molar-refractivity contribution in [3.8, 4) is 11.1 Å². The number of carbonyl (C=O) groups is 1. The fourth-order valence-corrected chi connectivity index (χ4v) is 3.02. The van der Waals surface area contributed by atoms with Crippen molar-refractivity contribution in [2.24, 2.45) is 0 Å². The van der Waals surface area contributed by atoms with Crippen LogP contribution in [0.15, 0.2) is 24.3 Å². The minimum Gasteiger partial charge on any atom is -0.370 e. The number of aromatic nitrogens is 1. The molecule has 0 atom stereocenters. The summed E-state index contributed by atoms with van der Waals surface area (Å²) < 4.78 is 13.2. The van der Waals surface area contributed by atoms with Gasteiger partial charge in [-0.1, -0.05) is 26.0 Å². The van der Waals surface area contributed by atoms with Crippen LogP contribution in [0, 0.1) is 5.82 Å². The van der Waals surface area contributed by atoms with Crippen LogP contribution in [0.4, 0.5) is 10.2 Å². The molecule has 1 aliphatic heterocycles. The number of benzene rings is 1. The van der Waals surface area contributed by atoms with Gasteiger partial charge in [0.05, 0.1) is 5.69 Å². The van der Waals surface area contributed by atoms with E-state index in [9.17, 15) is 9.18 Å². The van der Waals surface area contributed by atoms with E-state index in [4.69, 9.17) is 0 Å². The number of nitrogens with zero attached hydrogens (tertiary/aromatic N) is 1. The van der Waals surface area contributed by atoms with Crippen molar-refractivity contribution in [2.75, 3.05) is 11.9 Å². The molecule has 3 rings (SSSR count). The summed E-state index contributed by atoms with van der Waals surface area (Å²) in [6.07, 6.45) is 2.76. The summed E-state index contributed by atoms with van der Waals surface area (Å²) >= 11 is 0. The molecule has 22 heavy (non-hydrogen) atoms. The second-order valence-electron chi connectivity index (χ2n) is 5.92. The maximum absolute atomic E-state index is 13.2. The van der Waals surface area contributed by atoms with Crippen LogP contribution in [-0.4, -0.2) is 17.8 Å². The minimum absolute atomic E-state index is 0.147. The molecule has 0 amide bonds. The lowest BCUT2D eigenvalue weighted by Gasteiger charge is -2.24. The van der Waals surface area contributed by atoms with Gasteiger partial charge >= 0.3 is 0 Å². The zero-order valence-corrected chi connectivity index (χ0v) is 12.8. The number of pyridine rings is 1. The average molecular weight is 298 g/mol. The lowest BCUT2D eigenvalue weighted by molar-refractivity contribution is 0.112. The van der Waals surface area contributed by atoms with E-state index in [0.717, 1.165) is 53.9 Å². The van der Waals surface area contributed by atoms with E-state index >= 15 is 0 Å². The second kappa shape index (κ2) is 5.87. The Labute approximate surface area is 129 Å². The topological polar surface area (TPSA) is 42.0 Å². The molecule has 0 radical (unpaired) electrons. The van der Waals surface area contributed by atoms with Gasteiger partial charge in [-0.2, -0.15) is 0 Å².